The van der Waals surface area contributed by atoms with E-state index in [1.807, 2.05) is 20.8 Å². The number of ether oxygens (including phenoxy) is 5. The molecule has 10 nitrogen and oxygen atoms in total. The van der Waals surface area contributed by atoms with Crippen molar-refractivity contribution in [2.75, 3.05) is 20.3 Å². The highest BCUT2D eigenvalue weighted by Gasteiger charge is 2.24. The molecular weight excluding hydrogens is 482 g/mol. The van der Waals surface area contributed by atoms with Crippen LogP contribution in [0, 0.1) is 11.8 Å². The van der Waals surface area contributed by atoms with Gasteiger partial charge in [-0.1, -0.05) is 40.7 Å². The van der Waals surface area contributed by atoms with E-state index in [0.717, 1.165) is 0 Å². The van der Waals surface area contributed by atoms with Gasteiger partial charge in [0, 0.05) is 6.54 Å². The summed E-state index contributed by atoms with van der Waals surface area (Å²) in [6.45, 7) is 11.2. The molecule has 208 valence electrons. The molecule has 0 aliphatic heterocycles. The van der Waals surface area contributed by atoms with Gasteiger partial charge < -0.3 is 29.0 Å². The Balaban J connectivity index is 3.07. The molecule has 1 aromatic rings. The van der Waals surface area contributed by atoms with Crippen molar-refractivity contribution in [2.24, 2.45) is 11.8 Å². The van der Waals surface area contributed by atoms with Gasteiger partial charge in [-0.05, 0) is 50.3 Å². The van der Waals surface area contributed by atoms with Gasteiger partial charge in [0.25, 0.3) is 0 Å². The van der Waals surface area contributed by atoms with Crippen LogP contribution in [0.4, 0.5) is 4.79 Å². The fraction of sp³-hybridized carbons (Fsp3) is 0.630. The second kappa shape index (κ2) is 16.6. The summed E-state index contributed by atoms with van der Waals surface area (Å²) < 4.78 is 26.1. The van der Waals surface area contributed by atoms with Crippen LogP contribution in [0.3, 0.4) is 0 Å². The van der Waals surface area contributed by atoms with Crippen LogP contribution in [0.2, 0.25) is 0 Å². The van der Waals surface area contributed by atoms with E-state index in [1.165, 1.54) is 7.11 Å². The van der Waals surface area contributed by atoms with Gasteiger partial charge in [-0.15, -0.1) is 0 Å². The first kappa shape index (κ1) is 31.9. The number of nitrogens with one attached hydrogen (secondary N) is 1. The number of hydrogen-bond donors (Lipinski definition) is 1. The summed E-state index contributed by atoms with van der Waals surface area (Å²) in [5.74, 6) is -1.86. The normalized spacial score (nSPS) is 14.0. The number of carbonyl (C=O) groups is 4. The molecule has 0 spiro atoms. The van der Waals surface area contributed by atoms with Crippen LogP contribution in [0.5, 0.6) is 11.5 Å². The van der Waals surface area contributed by atoms with Gasteiger partial charge >= 0.3 is 24.1 Å². The third kappa shape index (κ3) is 11.2. The molecule has 0 aliphatic carbocycles. The van der Waals surface area contributed by atoms with Crippen LogP contribution in [0.25, 0.3) is 0 Å². The van der Waals surface area contributed by atoms with Crippen LogP contribution in [-0.4, -0.2) is 56.5 Å². The molecule has 3 unspecified atom stereocenters. The number of benzene rings is 1. The Bertz CT molecular complexity index is 902. The first-order chi connectivity index (χ1) is 17.6. The monoisotopic (exact) mass is 523 g/mol. The predicted molar refractivity (Wildman–Crippen MR) is 136 cm³/mol. The lowest BCUT2D eigenvalue weighted by molar-refractivity contribution is -0.143. The third-order valence-corrected chi connectivity index (χ3v) is 5.76. The molecule has 1 rings (SSSR count). The fourth-order valence-corrected chi connectivity index (χ4v) is 2.95. The molecule has 37 heavy (non-hydrogen) atoms. The van der Waals surface area contributed by atoms with Crippen LogP contribution in [0.15, 0.2) is 18.2 Å². The van der Waals surface area contributed by atoms with E-state index in [0.29, 0.717) is 24.8 Å². The van der Waals surface area contributed by atoms with Gasteiger partial charge in [-0.25, -0.2) is 4.79 Å². The van der Waals surface area contributed by atoms with Gasteiger partial charge in [0.2, 0.25) is 0 Å². The number of rotatable bonds is 15. The number of methoxy groups -OCH3 is 1. The number of hydrogen-bond acceptors (Lipinski definition) is 10. The van der Waals surface area contributed by atoms with Crippen molar-refractivity contribution < 1.29 is 42.9 Å². The molecule has 0 heterocycles. The molecular formula is C27H41NO9. The topological polar surface area (TPSA) is 126 Å². The molecule has 10 heteroatoms. The highest BCUT2D eigenvalue weighted by atomic mass is 16.7. The summed E-state index contributed by atoms with van der Waals surface area (Å²) in [5.41, 5.74) is 0.633. The zero-order valence-corrected chi connectivity index (χ0v) is 23.0. The average Bonchev–Trinajstić information content (AvgIpc) is 2.89. The van der Waals surface area contributed by atoms with Crippen molar-refractivity contribution in [3.8, 4) is 11.5 Å². The lowest BCUT2D eigenvalue weighted by Crippen LogP contribution is -2.43. The van der Waals surface area contributed by atoms with Gasteiger partial charge in [-0.2, -0.15) is 0 Å². The summed E-state index contributed by atoms with van der Waals surface area (Å²) in [6.07, 6.45) is 0.695. The molecule has 0 bridgehead atoms. The Morgan fingerprint density at radius 3 is 2.00 bits per heavy atom. The molecule has 0 saturated heterocycles. The molecule has 0 fully saturated rings. The van der Waals surface area contributed by atoms with Crippen LogP contribution in [0.1, 0.15) is 66.4 Å². The first-order valence-electron chi connectivity index (χ1n) is 12.8. The van der Waals surface area contributed by atoms with Crippen LogP contribution < -0.4 is 14.8 Å². The maximum atomic E-state index is 12.5. The van der Waals surface area contributed by atoms with Gasteiger partial charge in [0.15, 0.2) is 11.5 Å². The molecule has 0 saturated carbocycles. The van der Waals surface area contributed by atoms with Gasteiger partial charge in [-0.3, -0.25) is 14.4 Å². The van der Waals surface area contributed by atoms with E-state index in [1.54, 1.807) is 39.0 Å². The highest BCUT2D eigenvalue weighted by molar-refractivity contribution is 5.79. The third-order valence-electron chi connectivity index (χ3n) is 5.76. The highest BCUT2D eigenvalue weighted by Crippen LogP contribution is 2.31. The number of esters is 3. The van der Waals surface area contributed by atoms with Crippen LogP contribution in [-0.2, 0) is 35.0 Å². The molecule has 0 amide bonds. The minimum Gasteiger partial charge on any atom is -0.468 e. The average molecular weight is 524 g/mol. The molecule has 4 atom stereocenters. The summed E-state index contributed by atoms with van der Waals surface area (Å²) >= 11 is 0. The van der Waals surface area contributed by atoms with E-state index < -0.39 is 36.2 Å². The summed E-state index contributed by atoms with van der Waals surface area (Å²) in [5, 5.41) is 3.04. The van der Waals surface area contributed by atoms with E-state index in [9.17, 15) is 19.2 Å². The van der Waals surface area contributed by atoms with Crippen molar-refractivity contribution >= 4 is 24.1 Å². The zero-order valence-electron chi connectivity index (χ0n) is 23.0. The Morgan fingerprint density at radius 2 is 1.46 bits per heavy atom. The van der Waals surface area contributed by atoms with E-state index in [-0.39, 0.29) is 42.9 Å². The Hall–Kier alpha value is -3.14. The lowest BCUT2D eigenvalue weighted by atomic mass is 10.0. The van der Waals surface area contributed by atoms with Crippen LogP contribution >= 0.6 is 0 Å². The van der Waals surface area contributed by atoms with E-state index in [4.69, 9.17) is 23.7 Å². The lowest BCUT2D eigenvalue weighted by Gasteiger charge is -2.20. The summed E-state index contributed by atoms with van der Waals surface area (Å²) in [4.78, 5) is 49.0. The van der Waals surface area contributed by atoms with Gasteiger partial charge in [0.05, 0.1) is 25.6 Å². The summed E-state index contributed by atoms with van der Waals surface area (Å²) in [7, 11) is 1.27. The van der Waals surface area contributed by atoms with Crippen molar-refractivity contribution in [3.05, 3.63) is 23.8 Å². The molecule has 0 radical (unpaired) electrons. The second-order valence-corrected chi connectivity index (χ2v) is 8.96. The SMILES string of the molecule is CCCOC(=O)OC(C)CN[C@@H](Cc1ccc(OC(=O)C(C)CC)c(OC(=O)C(C)CC)c1)C(=O)OC. The molecule has 1 aromatic carbocycles. The number of carbonyl (C=O) groups excluding carboxylic acids is 4. The quantitative estimate of drug-likeness (QED) is 0.264. The van der Waals surface area contributed by atoms with E-state index in [2.05, 4.69) is 5.32 Å². The Morgan fingerprint density at radius 1 is 0.865 bits per heavy atom. The maximum absolute atomic E-state index is 12.5. The summed E-state index contributed by atoms with van der Waals surface area (Å²) in [6, 6.07) is 4.01. The Kier molecular flexibility index (Phi) is 14.3. The first-order valence-corrected chi connectivity index (χ1v) is 12.8. The van der Waals surface area contributed by atoms with Crippen molar-refractivity contribution in [1.29, 1.82) is 0 Å². The Labute approximate surface area is 219 Å². The minimum atomic E-state index is -0.783. The van der Waals surface area contributed by atoms with E-state index >= 15 is 0 Å². The second-order valence-electron chi connectivity index (χ2n) is 8.96. The maximum Gasteiger partial charge on any atom is 0.508 e. The predicted octanol–water partition coefficient (Wildman–Crippen LogP) is 4.22. The van der Waals surface area contributed by atoms with Crippen molar-refractivity contribution in [3.63, 3.8) is 0 Å². The van der Waals surface area contributed by atoms with Crippen molar-refractivity contribution in [2.45, 2.75) is 79.4 Å². The molecule has 1 N–H and O–H groups in total. The van der Waals surface area contributed by atoms with Crippen molar-refractivity contribution in [1.82, 2.24) is 5.32 Å². The standard InChI is InChI=1S/C27H41NO9/c1-8-13-34-27(32)35-19(6)16-28-21(26(31)33-7)14-20-11-12-22(36-24(29)17(4)9-2)23(15-20)37-25(30)18(5)10-3/h11-12,15,17-19,21,28H,8-10,13-14,16H2,1-7H3/t17?,18?,19?,21-/m0/s1. The van der Waals surface area contributed by atoms with Gasteiger partial charge in [0.1, 0.15) is 12.1 Å². The largest absolute Gasteiger partial charge is 0.508 e. The molecule has 0 aromatic heterocycles. The zero-order chi connectivity index (χ0) is 28.0. The smallest absolute Gasteiger partial charge is 0.468 e. The molecule has 0 aliphatic rings. The fourth-order valence-electron chi connectivity index (χ4n) is 2.95. The minimum absolute atomic E-state index is 0.0958.